The topological polar surface area (TPSA) is 35.2 Å². The molecule has 0 saturated carbocycles. The van der Waals surface area contributed by atoms with Gasteiger partial charge in [-0.05, 0) is 36.1 Å². The number of fused-ring (bicyclic) bond motifs is 1. The molecule has 1 aromatic rings. The van der Waals surface area contributed by atoms with Gasteiger partial charge in [0.15, 0.2) is 0 Å². The van der Waals surface area contributed by atoms with Gasteiger partial charge in [-0.3, -0.25) is 0 Å². The zero-order valence-corrected chi connectivity index (χ0v) is 9.15. The standard InChI is InChI=1S/C10H12BrNO/c1-6-9(12)4-7-2-3-13-5-8(7)10(6)11/h4H,2-3,5,12H2,1H3. The van der Waals surface area contributed by atoms with E-state index in [4.69, 9.17) is 10.5 Å². The molecule has 1 heterocycles. The van der Waals surface area contributed by atoms with E-state index in [9.17, 15) is 0 Å². The van der Waals surface area contributed by atoms with Crippen LogP contribution in [0.5, 0.6) is 0 Å². The Balaban J connectivity index is 2.60. The Hall–Kier alpha value is -0.540. The molecule has 70 valence electrons. The van der Waals surface area contributed by atoms with Crippen LogP contribution in [-0.4, -0.2) is 6.61 Å². The zero-order chi connectivity index (χ0) is 9.42. The minimum absolute atomic E-state index is 0.705. The summed E-state index contributed by atoms with van der Waals surface area (Å²) in [5, 5.41) is 0. The minimum atomic E-state index is 0.705. The van der Waals surface area contributed by atoms with Gasteiger partial charge in [0.2, 0.25) is 0 Å². The van der Waals surface area contributed by atoms with E-state index < -0.39 is 0 Å². The molecule has 2 rings (SSSR count). The summed E-state index contributed by atoms with van der Waals surface area (Å²) in [4.78, 5) is 0. The van der Waals surface area contributed by atoms with Gasteiger partial charge in [0.1, 0.15) is 0 Å². The molecule has 0 aliphatic carbocycles. The third kappa shape index (κ3) is 1.46. The van der Waals surface area contributed by atoms with Crippen molar-refractivity contribution >= 4 is 21.6 Å². The Kier molecular flexibility index (Phi) is 2.30. The number of hydrogen-bond acceptors (Lipinski definition) is 2. The molecule has 0 saturated heterocycles. The third-order valence-corrected chi connectivity index (χ3v) is 3.58. The Morgan fingerprint density at radius 1 is 1.54 bits per heavy atom. The SMILES string of the molecule is Cc1c(N)cc2c(c1Br)COCC2. The van der Waals surface area contributed by atoms with Crippen LogP contribution < -0.4 is 5.73 Å². The fourth-order valence-corrected chi connectivity index (χ4v) is 2.21. The van der Waals surface area contributed by atoms with Crippen molar-refractivity contribution in [2.24, 2.45) is 0 Å². The van der Waals surface area contributed by atoms with Crippen molar-refractivity contribution in [2.75, 3.05) is 12.3 Å². The highest BCUT2D eigenvalue weighted by Gasteiger charge is 2.15. The average molecular weight is 242 g/mol. The summed E-state index contributed by atoms with van der Waals surface area (Å²) >= 11 is 3.56. The van der Waals surface area contributed by atoms with Crippen molar-refractivity contribution < 1.29 is 4.74 Å². The molecule has 0 fully saturated rings. The predicted molar refractivity (Wildman–Crippen MR) is 56.7 cm³/mol. The van der Waals surface area contributed by atoms with Gasteiger partial charge in [-0.15, -0.1) is 0 Å². The molecule has 0 atom stereocenters. The van der Waals surface area contributed by atoms with Gasteiger partial charge in [-0.25, -0.2) is 0 Å². The Labute approximate surface area is 86.2 Å². The summed E-state index contributed by atoms with van der Waals surface area (Å²) in [5.41, 5.74) is 10.4. The lowest BCUT2D eigenvalue weighted by atomic mass is 9.99. The third-order valence-electron chi connectivity index (χ3n) is 2.51. The highest BCUT2D eigenvalue weighted by Crippen LogP contribution is 2.32. The Bertz CT molecular complexity index is 349. The van der Waals surface area contributed by atoms with Crippen LogP contribution in [0, 0.1) is 6.92 Å². The second-order valence-electron chi connectivity index (χ2n) is 3.35. The summed E-state index contributed by atoms with van der Waals surface area (Å²) in [6, 6.07) is 2.07. The molecule has 0 spiro atoms. The maximum absolute atomic E-state index is 5.87. The number of hydrogen-bond donors (Lipinski definition) is 1. The fraction of sp³-hybridized carbons (Fsp3) is 0.400. The smallest absolute Gasteiger partial charge is 0.0730 e. The highest BCUT2D eigenvalue weighted by molar-refractivity contribution is 9.10. The van der Waals surface area contributed by atoms with Gasteiger partial charge >= 0.3 is 0 Å². The number of nitrogens with two attached hydrogens (primary N) is 1. The molecule has 1 aliphatic heterocycles. The van der Waals surface area contributed by atoms with E-state index in [1.54, 1.807) is 0 Å². The lowest BCUT2D eigenvalue weighted by Crippen LogP contribution is -2.12. The summed E-state index contributed by atoms with van der Waals surface area (Å²) in [6.45, 7) is 3.54. The van der Waals surface area contributed by atoms with E-state index in [1.165, 1.54) is 11.1 Å². The molecule has 0 bridgehead atoms. The maximum Gasteiger partial charge on any atom is 0.0730 e. The van der Waals surface area contributed by atoms with E-state index in [1.807, 2.05) is 6.92 Å². The summed E-state index contributed by atoms with van der Waals surface area (Å²) in [6.07, 6.45) is 0.971. The first-order chi connectivity index (χ1) is 6.20. The second kappa shape index (κ2) is 3.31. The van der Waals surface area contributed by atoms with Crippen LogP contribution in [0.4, 0.5) is 5.69 Å². The van der Waals surface area contributed by atoms with Crippen LogP contribution in [0.15, 0.2) is 10.5 Å². The first-order valence-corrected chi connectivity index (χ1v) is 5.13. The maximum atomic E-state index is 5.87. The molecule has 0 radical (unpaired) electrons. The van der Waals surface area contributed by atoms with Gasteiger partial charge in [0, 0.05) is 10.2 Å². The molecule has 1 aliphatic rings. The number of benzene rings is 1. The first kappa shape index (κ1) is 9.03. The van der Waals surface area contributed by atoms with Gasteiger partial charge < -0.3 is 10.5 Å². The molecular formula is C10H12BrNO. The van der Waals surface area contributed by atoms with Gasteiger partial charge in [0.25, 0.3) is 0 Å². The monoisotopic (exact) mass is 241 g/mol. The number of halogens is 1. The predicted octanol–water partition coefficient (Wildman–Crippen LogP) is 2.41. The van der Waals surface area contributed by atoms with Gasteiger partial charge in [0.05, 0.1) is 13.2 Å². The molecule has 3 heteroatoms. The highest BCUT2D eigenvalue weighted by atomic mass is 79.9. The van der Waals surface area contributed by atoms with Crippen LogP contribution in [0.25, 0.3) is 0 Å². The second-order valence-corrected chi connectivity index (χ2v) is 4.14. The molecule has 2 N–H and O–H groups in total. The molecule has 13 heavy (non-hydrogen) atoms. The molecule has 0 amide bonds. The van der Waals surface area contributed by atoms with Crippen LogP contribution in [0.3, 0.4) is 0 Å². The van der Waals surface area contributed by atoms with Crippen molar-refractivity contribution in [1.29, 1.82) is 0 Å². The minimum Gasteiger partial charge on any atom is -0.398 e. The van der Waals surface area contributed by atoms with Gasteiger partial charge in [-0.1, -0.05) is 15.9 Å². The molecule has 0 aromatic heterocycles. The quantitative estimate of drug-likeness (QED) is 0.709. The van der Waals surface area contributed by atoms with E-state index >= 15 is 0 Å². The molecular weight excluding hydrogens is 230 g/mol. The van der Waals surface area contributed by atoms with Crippen molar-refractivity contribution in [3.8, 4) is 0 Å². The molecule has 2 nitrogen and oxygen atoms in total. The molecule has 1 aromatic carbocycles. The largest absolute Gasteiger partial charge is 0.398 e. The Morgan fingerprint density at radius 2 is 2.31 bits per heavy atom. The van der Waals surface area contributed by atoms with Crippen molar-refractivity contribution in [3.05, 3.63) is 27.2 Å². The van der Waals surface area contributed by atoms with Crippen molar-refractivity contribution in [2.45, 2.75) is 20.0 Å². The van der Waals surface area contributed by atoms with Crippen LogP contribution in [0.1, 0.15) is 16.7 Å². The average Bonchev–Trinajstić information content (AvgIpc) is 2.15. The van der Waals surface area contributed by atoms with Crippen molar-refractivity contribution in [3.63, 3.8) is 0 Å². The van der Waals surface area contributed by atoms with E-state index in [2.05, 4.69) is 22.0 Å². The lowest BCUT2D eigenvalue weighted by molar-refractivity contribution is 0.110. The first-order valence-electron chi connectivity index (χ1n) is 4.34. The summed E-state index contributed by atoms with van der Waals surface area (Å²) in [7, 11) is 0. The Morgan fingerprint density at radius 3 is 3.08 bits per heavy atom. The number of ether oxygens (including phenoxy) is 1. The van der Waals surface area contributed by atoms with Crippen LogP contribution in [-0.2, 0) is 17.8 Å². The van der Waals surface area contributed by atoms with E-state index in [-0.39, 0.29) is 0 Å². The fourth-order valence-electron chi connectivity index (χ4n) is 1.61. The lowest BCUT2D eigenvalue weighted by Gasteiger charge is -2.20. The van der Waals surface area contributed by atoms with E-state index in [0.29, 0.717) is 6.61 Å². The van der Waals surface area contributed by atoms with Crippen LogP contribution >= 0.6 is 15.9 Å². The van der Waals surface area contributed by atoms with Gasteiger partial charge in [-0.2, -0.15) is 0 Å². The zero-order valence-electron chi connectivity index (χ0n) is 7.56. The summed E-state index contributed by atoms with van der Waals surface area (Å²) in [5.74, 6) is 0. The summed E-state index contributed by atoms with van der Waals surface area (Å²) < 4.78 is 6.51. The van der Waals surface area contributed by atoms with E-state index in [0.717, 1.165) is 28.8 Å². The molecule has 0 unspecified atom stereocenters. The normalized spacial score (nSPS) is 15.5. The number of rotatable bonds is 0. The van der Waals surface area contributed by atoms with Crippen LogP contribution in [0.2, 0.25) is 0 Å². The van der Waals surface area contributed by atoms with Crippen molar-refractivity contribution in [1.82, 2.24) is 0 Å². The number of anilines is 1. The number of nitrogen functional groups attached to an aromatic ring is 1.